The first kappa shape index (κ1) is 14.0. The molecule has 1 rings (SSSR count). The SMILES string of the molecule is CC(C)OCCC(=O)N1CCC(C)(C(=O)O)C1. The summed E-state index contributed by atoms with van der Waals surface area (Å²) in [6.07, 6.45) is 0.971. The fourth-order valence-electron chi connectivity index (χ4n) is 1.89. The lowest BCUT2D eigenvalue weighted by molar-refractivity contribution is -0.147. The molecule has 5 heteroatoms. The van der Waals surface area contributed by atoms with Gasteiger partial charge < -0.3 is 14.7 Å². The molecule has 0 spiro atoms. The van der Waals surface area contributed by atoms with Crippen molar-refractivity contribution >= 4 is 11.9 Å². The Morgan fingerprint density at radius 2 is 2.12 bits per heavy atom. The zero-order valence-electron chi connectivity index (χ0n) is 10.7. The Morgan fingerprint density at radius 3 is 2.59 bits per heavy atom. The van der Waals surface area contributed by atoms with E-state index in [9.17, 15) is 9.59 Å². The molecule has 0 saturated carbocycles. The van der Waals surface area contributed by atoms with Crippen LogP contribution < -0.4 is 0 Å². The highest BCUT2D eigenvalue weighted by Crippen LogP contribution is 2.30. The number of aliphatic carboxylic acids is 1. The van der Waals surface area contributed by atoms with Crippen molar-refractivity contribution in [1.29, 1.82) is 0 Å². The van der Waals surface area contributed by atoms with E-state index in [1.54, 1.807) is 11.8 Å². The molecule has 0 aromatic heterocycles. The van der Waals surface area contributed by atoms with E-state index in [-0.39, 0.29) is 12.0 Å². The monoisotopic (exact) mass is 243 g/mol. The Kier molecular flexibility index (Phi) is 4.51. The van der Waals surface area contributed by atoms with Crippen LogP contribution in [0.25, 0.3) is 0 Å². The van der Waals surface area contributed by atoms with Gasteiger partial charge in [0.05, 0.1) is 24.5 Å². The molecule has 1 N–H and O–H groups in total. The molecule has 0 aromatic carbocycles. The van der Waals surface area contributed by atoms with Crippen molar-refractivity contribution in [3.63, 3.8) is 0 Å². The van der Waals surface area contributed by atoms with Gasteiger partial charge in [0.25, 0.3) is 0 Å². The molecule has 1 heterocycles. The van der Waals surface area contributed by atoms with Crippen molar-refractivity contribution in [3.8, 4) is 0 Å². The molecule has 98 valence electrons. The number of ether oxygens (including phenoxy) is 1. The molecule has 17 heavy (non-hydrogen) atoms. The molecular formula is C12H21NO4. The molecule has 1 atom stereocenters. The molecule has 1 saturated heterocycles. The number of rotatable bonds is 5. The summed E-state index contributed by atoms with van der Waals surface area (Å²) in [5.74, 6) is -0.846. The Hall–Kier alpha value is -1.10. The fraction of sp³-hybridized carbons (Fsp3) is 0.833. The number of carboxylic acids is 1. The summed E-state index contributed by atoms with van der Waals surface area (Å²) >= 11 is 0. The normalized spacial score (nSPS) is 24.4. The number of carboxylic acid groups (broad SMARTS) is 1. The van der Waals surface area contributed by atoms with Crippen LogP contribution in [0.1, 0.15) is 33.6 Å². The Morgan fingerprint density at radius 1 is 1.47 bits per heavy atom. The predicted molar refractivity (Wildman–Crippen MR) is 62.6 cm³/mol. The van der Waals surface area contributed by atoms with Crippen LogP contribution in [-0.2, 0) is 14.3 Å². The Balaban J connectivity index is 2.38. The van der Waals surface area contributed by atoms with E-state index in [0.29, 0.717) is 32.5 Å². The van der Waals surface area contributed by atoms with Crippen LogP contribution in [0.3, 0.4) is 0 Å². The standard InChI is InChI=1S/C12H21NO4/c1-9(2)17-7-4-10(14)13-6-5-12(3,8-13)11(15)16/h9H,4-8H2,1-3H3,(H,15,16). The maximum atomic E-state index is 11.8. The molecule has 5 nitrogen and oxygen atoms in total. The van der Waals surface area contributed by atoms with E-state index in [1.165, 1.54) is 0 Å². The van der Waals surface area contributed by atoms with Gasteiger partial charge in [0.2, 0.25) is 5.91 Å². The highest BCUT2D eigenvalue weighted by Gasteiger charge is 2.41. The van der Waals surface area contributed by atoms with Crippen molar-refractivity contribution in [1.82, 2.24) is 4.90 Å². The number of carbonyl (C=O) groups excluding carboxylic acids is 1. The smallest absolute Gasteiger partial charge is 0.311 e. The second kappa shape index (κ2) is 5.49. The first-order valence-corrected chi connectivity index (χ1v) is 5.98. The summed E-state index contributed by atoms with van der Waals surface area (Å²) in [4.78, 5) is 24.4. The van der Waals surface area contributed by atoms with Gasteiger partial charge >= 0.3 is 5.97 Å². The van der Waals surface area contributed by atoms with Gasteiger partial charge in [-0.25, -0.2) is 0 Å². The van der Waals surface area contributed by atoms with Gasteiger partial charge in [-0.05, 0) is 27.2 Å². The molecule has 1 aliphatic rings. The quantitative estimate of drug-likeness (QED) is 0.786. The third-order valence-electron chi connectivity index (χ3n) is 3.11. The van der Waals surface area contributed by atoms with Crippen LogP contribution in [0.2, 0.25) is 0 Å². The van der Waals surface area contributed by atoms with E-state index in [0.717, 1.165) is 0 Å². The van der Waals surface area contributed by atoms with Gasteiger partial charge in [-0.2, -0.15) is 0 Å². The second-order valence-corrected chi connectivity index (χ2v) is 5.10. The van der Waals surface area contributed by atoms with E-state index < -0.39 is 11.4 Å². The van der Waals surface area contributed by atoms with Gasteiger partial charge in [0, 0.05) is 13.1 Å². The average Bonchev–Trinajstić information content (AvgIpc) is 2.62. The first-order valence-electron chi connectivity index (χ1n) is 5.98. The molecule has 0 bridgehead atoms. The summed E-state index contributed by atoms with van der Waals surface area (Å²) in [6.45, 7) is 6.76. The lowest BCUT2D eigenvalue weighted by Crippen LogP contribution is -2.35. The highest BCUT2D eigenvalue weighted by molar-refractivity contribution is 5.80. The van der Waals surface area contributed by atoms with E-state index >= 15 is 0 Å². The van der Waals surface area contributed by atoms with Crippen molar-refractivity contribution in [3.05, 3.63) is 0 Å². The van der Waals surface area contributed by atoms with Gasteiger partial charge in [0.1, 0.15) is 0 Å². The van der Waals surface area contributed by atoms with Gasteiger partial charge in [0.15, 0.2) is 0 Å². The van der Waals surface area contributed by atoms with E-state index in [1.807, 2.05) is 13.8 Å². The van der Waals surface area contributed by atoms with Gasteiger partial charge in [-0.1, -0.05) is 0 Å². The lowest BCUT2D eigenvalue weighted by atomic mass is 9.90. The largest absolute Gasteiger partial charge is 0.481 e. The maximum absolute atomic E-state index is 11.8. The summed E-state index contributed by atoms with van der Waals surface area (Å²) in [5.41, 5.74) is -0.783. The molecule has 0 aromatic rings. The molecule has 0 aliphatic carbocycles. The van der Waals surface area contributed by atoms with Crippen molar-refractivity contribution in [2.75, 3.05) is 19.7 Å². The summed E-state index contributed by atoms with van der Waals surface area (Å²) in [5, 5.41) is 9.06. The highest BCUT2D eigenvalue weighted by atomic mass is 16.5. The minimum absolute atomic E-state index is 0.0179. The Labute approximate surface area is 102 Å². The first-order chi connectivity index (χ1) is 7.85. The number of hydrogen-bond donors (Lipinski definition) is 1. The number of carbonyl (C=O) groups is 2. The van der Waals surface area contributed by atoms with Crippen LogP contribution in [-0.4, -0.2) is 47.7 Å². The fourth-order valence-corrected chi connectivity index (χ4v) is 1.89. The van der Waals surface area contributed by atoms with E-state index in [4.69, 9.17) is 9.84 Å². The van der Waals surface area contributed by atoms with Crippen molar-refractivity contribution in [2.45, 2.75) is 39.7 Å². The maximum Gasteiger partial charge on any atom is 0.311 e. The van der Waals surface area contributed by atoms with Gasteiger partial charge in [-0.15, -0.1) is 0 Å². The molecule has 0 radical (unpaired) electrons. The van der Waals surface area contributed by atoms with Crippen LogP contribution in [0.4, 0.5) is 0 Å². The zero-order valence-corrected chi connectivity index (χ0v) is 10.7. The number of hydrogen-bond acceptors (Lipinski definition) is 3. The lowest BCUT2D eigenvalue weighted by Gasteiger charge is -2.20. The van der Waals surface area contributed by atoms with Crippen molar-refractivity contribution < 1.29 is 19.4 Å². The van der Waals surface area contributed by atoms with Crippen LogP contribution in [0.5, 0.6) is 0 Å². The van der Waals surface area contributed by atoms with Crippen molar-refractivity contribution in [2.24, 2.45) is 5.41 Å². The topological polar surface area (TPSA) is 66.8 Å². The van der Waals surface area contributed by atoms with Crippen LogP contribution in [0.15, 0.2) is 0 Å². The summed E-state index contributed by atoms with van der Waals surface area (Å²) in [6, 6.07) is 0. The zero-order chi connectivity index (χ0) is 13.1. The molecule has 1 unspecified atom stereocenters. The second-order valence-electron chi connectivity index (χ2n) is 5.10. The molecular weight excluding hydrogens is 222 g/mol. The third kappa shape index (κ3) is 3.70. The Bertz CT molecular complexity index is 303. The summed E-state index contributed by atoms with van der Waals surface area (Å²) in [7, 11) is 0. The number of amides is 1. The van der Waals surface area contributed by atoms with E-state index in [2.05, 4.69) is 0 Å². The van der Waals surface area contributed by atoms with Gasteiger partial charge in [-0.3, -0.25) is 9.59 Å². The van der Waals surface area contributed by atoms with Crippen LogP contribution in [0, 0.1) is 5.41 Å². The predicted octanol–water partition coefficient (Wildman–Crippen LogP) is 1.12. The minimum Gasteiger partial charge on any atom is -0.481 e. The molecule has 1 amide bonds. The van der Waals surface area contributed by atoms with Crippen LogP contribution >= 0.6 is 0 Å². The molecule has 1 aliphatic heterocycles. The number of likely N-dealkylation sites (tertiary alicyclic amines) is 1. The minimum atomic E-state index is -0.828. The molecule has 1 fully saturated rings. The number of nitrogens with zero attached hydrogens (tertiary/aromatic N) is 1. The average molecular weight is 243 g/mol. The third-order valence-corrected chi connectivity index (χ3v) is 3.11. The summed E-state index contributed by atoms with van der Waals surface area (Å²) < 4.78 is 5.31.